The second-order valence-corrected chi connectivity index (χ2v) is 6.17. The van der Waals surface area contributed by atoms with Gasteiger partial charge in [-0.15, -0.1) is 0 Å². The quantitative estimate of drug-likeness (QED) is 0.630. The molecule has 2 N–H and O–H groups in total. The summed E-state index contributed by atoms with van der Waals surface area (Å²) in [6.45, 7) is 4.91. The Balaban J connectivity index is 1.53. The Labute approximate surface area is 159 Å². The topological polar surface area (TPSA) is 76.7 Å². The number of rotatable bonds is 10. The second-order valence-electron chi connectivity index (χ2n) is 6.17. The number of benzene rings is 2. The third-order valence-electron chi connectivity index (χ3n) is 3.80. The minimum Gasteiger partial charge on any atom is -0.493 e. The van der Waals surface area contributed by atoms with Crippen LogP contribution in [0.25, 0.3) is 0 Å². The van der Waals surface area contributed by atoms with Crippen molar-refractivity contribution in [2.45, 2.75) is 20.3 Å². The van der Waals surface area contributed by atoms with Crippen LogP contribution >= 0.6 is 0 Å². The molecule has 6 heteroatoms. The van der Waals surface area contributed by atoms with Gasteiger partial charge in [-0.2, -0.15) is 0 Å². The third-order valence-corrected chi connectivity index (χ3v) is 3.80. The fourth-order valence-corrected chi connectivity index (χ4v) is 2.43. The number of carbonyl (C=O) groups is 2. The zero-order valence-electron chi connectivity index (χ0n) is 15.8. The molecule has 0 saturated heterocycles. The van der Waals surface area contributed by atoms with Crippen LogP contribution in [0.4, 0.5) is 0 Å². The lowest BCUT2D eigenvalue weighted by Crippen LogP contribution is -2.37. The van der Waals surface area contributed by atoms with Gasteiger partial charge in [0.2, 0.25) is 5.91 Å². The SMILES string of the molecule is Cc1ccc(OCC(=O)NCCNC(=O)CCOc2ccccc2)c(C)c1. The van der Waals surface area contributed by atoms with Crippen LogP contribution in [0.2, 0.25) is 0 Å². The van der Waals surface area contributed by atoms with Crippen molar-refractivity contribution in [3.63, 3.8) is 0 Å². The van der Waals surface area contributed by atoms with Gasteiger partial charge in [0.15, 0.2) is 6.61 Å². The van der Waals surface area contributed by atoms with Crippen molar-refractivity contribution in [3.05, 3.63) is 59.7 Å². The van der Waals surface area contributed by atoms with Gasteiger partial charge >= 0.3 is 0 Å². The Morgan fingerprint density at radius 3 is 2.30 bits per heavy atom. The lowest BCUT2D eigenvalue weighted by atomic mass is 10.1. The van der Waals surface area contributed by atoms with Crippen LogP contribution < -0.4 is 20.1 Å². The second kappa shape index (κ2) is 10.9. The summed E-state index contributed by atoms with van der Waals surface area (Å²) in [5.41, 5.74) is 2.14. The van der Waals surface area contributed by atoms with Crippen molar-refractivity contribution in [1.29, 1.82) is 0 Å². The van der Waals surface area contributed by atoms with E-state index in [9.17, 15) is 9.59 Å². The lowest BCUT2D eigenvalue weighted by molar-refractivity contribution is -0.124. The van der Waals surface area contributed by atoms with E-state index in [4.69, 9.17) is 9.47 Å². The first-order valence-electron chi connectivity index (χ1n) is 8.96. The highest BCUT2D eigenvalue weighted by Crippen LogP contribution is 2.18. The van der Waals surface area contributed by atoms with Gasteiger partial charge in [0.1, 0.15) is 11.5 Å². The average Bonchev–Trinajstić information content (AvgIpc) is 2.65. The largest absolute Gasteiger partial charge is 0.493 e. The molecule has 2 rings (SSSR count). The molecule has 2 aromatic rings. The van der Waals surface area contributed by atoms with Gasteiger partial charge < -0.3 is 20.1 Å². The van der Waals surface area contributed by atoms with E-state index in [1.165, 1.54) is 0 Å². The van der Waals surface area contributed by atoms with Gasteiger partial charge in [-0.3, -0.25) is 9.59 Å². The molecule has 0 aliphatic carbocycles. The van der Waals surface area contributed by atoms with Crippen LogP contribution in [-0.2, 0) is 9.59 Å². The first kappa shape index (κ1) is 20.3. The Morgan fingerprint density at radius 1 is 0.889 bits per heavy atom. The molecule has 0 bridgehead atoms. The molecule has 0 aliphatic heterocycles. The predicted octanol–water partition coefficient (Wildman–Crippen LogP) is 2.38. The molecule has 144 valence electrons. The molecule has 6 nitrogen and oxygen atoms in total. The smallest absolute Gasteiger partial charge is 0.258 e. The molecular weight excluding hydrogens is 344 g/mol. The number of hydrogen-bond donors (Lipinski definition) is 2. The van der Waals surface area contributed by atoms with Crippen LogP contribution in [0.5, 0.6) is 11.5 Å². The highest BCUT2D eigenvalue weighted by molar-refractivity contribution is 5.78. The Hall–Kier alpha value is -3.02. The molecule has 0 heterocycles. The van der Waals surface area contributed by atoms with Crippen LogP contribution in [-0.4, -0.2) is 38.1 Å². The van der Waals surface area contributed by atoms with Gasteiger partial charge in [-0.05, 0) is 37.6 Å². The summed E-state index contributed by atoms with van der Waals surface area (Å²) in [6.07, 6.45) is 0.263. The van der Waals surface area contributed by atoms with E-state index in [1.54, 1.807) is 0 Å². The molecule has 27 heavy (non-hydrogen) atoms. The van der Waals surface area contributed by atoms with E-state index in [-0.39, 0.29) is 24.8 Å². The third kappa shape index (κ3) is 7.81. The normalized spacial score (nSPS) is 10.1. The number of ether oxygens (including phenoxy) is 2. The molecule has 0 atom stereocenters. The van der Waals surface area contributed by atoms with E-state index in [1.807, 2.05) is 62.4 Å². The van der Waals surface area contributed by atoms with Crippen LogP contribution in [0, 0.1) is 13.8 Å². The number of para-hydroxylation sites is 1. The van der Waals surface area contributed by atoms with E-state index < -0.39 is 0 Å². The lowest BCUT2D eigenvalue weighted by Gasteiger charge is -2.11. The molecular formula is C21H26N2O4. The fourth-order valence-electron chi connectivity index (χ4n) is 2.43. The minimum atomic E-state index is -0.225. The van der Waals surface area contributed by atoms with Crippen molar-refractivity contribution in [2.24, 2.45) is 0 Å². The maximum absolute atomic E-state index is 11.8. The first-order chi connectivity index (χ1) is 13.0. The van der Waals surface area contributed by atoms with E-state index >= 15 is 0 Å². The van der Waals surface area contributed by atoms with Crippen LogP contribution in [0.15, 0.2) is 48.5 Å². The van der Waals surface area contributed by atoms with Gasteiger partial charge in [0.05, 0.1) is 13.0 Å². The Morgan fingerprint density at radius 2 is 1.59 bits per heavy atom. The fraction of sp³-hybridized carbons (Fsp3) is 0.333. The molecule has 2 aromatic carbocycles. The molecule has 0 radical (unpaired) electrons. The molecule has 0 aliphatic rings. The summed E-state index contributed by atoms with van der Waals surface area (Å²) in [5.74, 6) is 1.09. The van der Waals surface area contributed by atoms with Crippen molar-refractivity contribution >= 4 is 11.8 Å². The standard InChI is InChI=1S/C21H26N2O4/c1-16-8-9-19(17(2)14-16)27-15-21(25)23-12-11-22-20(24)10-13-26-18-6-4-3-5-7-18/h3-9,14H,10-13,15H2,1-2H3,(H,22,24)(H,23,25). The number of nitrogens with one attached hydrogen (secondary N) is 2. The molecule has 0 unspecified atom stereocenters. The van der Waals surface area contributed by atoms with E-state index in [0.29, 0.717) is 25.4 Å². The maximum atomic E-state index is 11.8. The monoisotopic (exact) mass is 370 g/mol. The predicted molar refractivity (Wildman–Crippen MR) is 104 cm³/mol. The summed E-state index contributed by atoms with van der Waals surface area (Å²) in [4.78, 5) is 23.5. The molecule has 0 aromatic heterocycles. The summed E-state index contributed by atoms with van der Waals surface area (Å²) >= 11 is 0. The van der Waals surface area contributed by atoms with Crippen molar-refractivity contribution in [1.82, 2.24) is 10.6 Å². The minimum absolute atomic E-state index is 0.0528. The van der Waals surface area contributed by atoms with Gasteiger partial charge in [0, 0.05) is 13.1 Å². The van der Waals surface area contributed by atoms with Crippen LogP contribution in [0.3, 0.4) is 0 Å². The van der Waals surface area contributed by atoms with Gasteiger partial charge in [-0.1, -0.05) is 35.9 Å². The van der Waals surface area contributed by atoms with Gasteiger partial charge in [-0.25, -0.2) is 0 Å². The molecule has 2 amide bonds. The number of carbonyl (C=O) groups excluding carboxylic acids is 2. The van der Waals surface area contributed by atoms with Crippen molar-refractivity contribution in [2.75, 3.05) is 26.3 Å². The number of aryl methyl sites for hydroxylation is 2. The maximum Gasteiger partial charge on any atom is 0.258 e. The summed E-state index contributed by atoms with van der Waals surface area (Å²) in [6, 6.07) is 15.1. The zero-order chi connectivity index (χ0) is 19.5. The van der Waals surface area contributed by atoms with Gasteiger partial charge in [0.25, 0.3) is 5.91 Å². The average molecular weight is 370 g/mol. The Kier molecular flexibility index (Phi) is 8.16. The molecule has 0 fully saturated rings. The molecule has 0 saturated carbocycles. The van der Waals surface area contributed by atoms with Crippen LogP contribution in [0.1, 0.15) is 17.5 Å². The number of amides is 2. The highest BCUT2D eigenvalue weighted by atomic mass is 16.5. The Bertz CT molecular complexity index is 747. The van der Waals surface area contributed by atoms with Crippen molar-refractivity contribution < 1.29 is 19.1 Å². The van der Waals surface area contributed by atoms with Crippen molar-refractivity contribution in [3.8, 4) is 11.5 Å². The first-order valence-corrected chi connectivity index (χ1v) is 8.96. The summed E-state index contributed by atoms with van der Waals surface area (Å²) in [7, 11) is 0. The van der Waals surface area contributed by atoms with E-state index in [0.717, 1.165) is 16.9 Å². The van der Waals surface area contributed by atoms with E-state index in [2.05, 4.69) is 10.6 Å². The highest BCUT2D eigenvalue weighted by Gasteiger charge is 2.06. The summed E-state index contributed by atoms with van der Waals surface area (Å²) in [5, 5.41) is 5.45. The number of hydrogen-bond acceptors (Lipinski definition) is 4. The zero-order valence-corrected chi connectivity index (χ0v) is 15.8. The summed E-state index contributed by atoms with van der Waals surface area (Å²) < 4.78 is 11.0. The molecule has 0 spiro atoms.